The van der Waals surface area contributed by atoms with Crippen LogP contribution in [0.2, 0.25) is 0 Å². The van der Waals surface area contributed by atoms with Gasteiger partial charge in [-0.3, -0.25) is 0 Å². The van der Waals surface area contributed by atoms with Gasteiger partial charge in [-0.05, 0) is 50.2 Å². The van der Waals surface area contributed by atoms with Crippen molar-refractivity contribution in [2.45, 2.75) is 30.2 Å². The number of halogens is 3. The molecule has 4 rings (SSSR count). The van der Waals surface area contributed by atoms with Gasteiger partial charge in [0.15, 0.2) is 9.84 Å². The van der Waals surface area contributed by atoms with Crippen LogP contribution in [0.15, 0.2) is 78.0 Å². The first-order valence-electron chi connectivity index (χ1n) is 10.0. The molecule has 0 saturated heterocycles. The average molecular weight is 472 g/mol. The fraction of sp³-hybridized carbons (Fsp3) is 0.167. The summed E-state index contributed by atoms with van der Waals surface area (Å²) in [5.74, 6) is 0.700. The van der Waals surface area contributed by atoms with Crippen molar-refractivity contribution in [3.63, 3.8) is 0 Å². The number of hydrogen-bond acceptors (Lipinski definition) is 5. The molecule has 0 N–H and O–H groups in total. The summed E-state index contributed by atoms with van der Waals surface area (Å²) in [6, 6.07) is 16.7. The van der Waals surface area contributed by atoms with Gasteiger partial charge in [0, 0.05) is 10.9 Å². The standard InChI is InChI=1S/C24H19F3N2O3S/c1-15(2)33(30,31)19-9-4-8-18(13-19)32-17-7-3-6-16(12-17)22-20-10-5-11-21(24(25,26)27)23(20)29-14-28-22/h3-15H,1-2H3. The Hall–Kier alpha value is -3.46. The molecule has 0 aliphatic heterocycles. The molecule has 0 saturated carbocycles. The molecular weight excluding hydrogens is 453 g/mol. The number of alkyl halides is 3. The predicted octanol–water partition coefficient (Wildman–Crippen LogP) is 6.29. The van der Waals surface area contributed by atoms with Gasteiger partial charge in [-0.1, -0.05) is 30.3 Å². The van der Waals surface area contributed by atoms with E-state index in [0.717, 1.165) is 12.4 Å². The number of nitrogens with zero attached hydrogens (tertiary/aromatic N) is 2. The number of ether oxygens (including phenoxy) is 1. The minimum atomic E-state index is -4.54. The third-order valence-electron chi connectivity index (χ3n) is 5.07. The summed E-state index contributed by atoms with van der Waals surface area (Å²) in [5.41, 5.74) is -0.162. The van der Waals surface area contributed by atoms with Crippen molar-refractivity contribution in [2.24, 2.45) is 0 Å². The zero-order valence-electron chi connectivity index (χ0n) is 17.7. The number of fused-ring (bicyclic) bond motifs is 1. The number of rotatable bonds is 5. The molecular formula is C24H19F3N2O3S. The lowest BCUT2D eigenvalue weighted by Gasteiger charge is -2.13. The first-order valence-corrected chi connectivity index (χ1v) is 11.5. The van der Waals surface area contributed by atoms with Gasteiger partial charge in [0.05, 0.1) is 26.9 Å². The van der Waals surface area contributed by atoms with E-state index in [0.29, 0.717) is 22.8 Å². The molecule has 0 fully saturated rings. The van der Waals surface area contributed by atoms with Crippen molar-refractivity contribution in [1.29, 1.82) is 0 Å². The number of hydrogen-bond donors (Lipinski definition) is 0. The van der Waals surface area contributed by atoms with Crippen molar-refractivity contribution in [1.82, 2.24) is 9.97 Å². The Labute approximate surface area is 188 Å². The minimum Gasteiger partial charge on any atom is -0.457 e. The summed E-state index contributed by atoms with van der Waals surface area (Å²) in [6.07, 6.45) is -3.45. The molecule has 9 heteroatoms. The van der Waals surface area contributed by atoms with Crippen LogP contribution in [-0.4, -0.2) is 23.6 Å². The van der Waals surface area contributed by atoms with Crippen LogP contribution in [0.1, 0.15) is 19.4 Å². The molecule has 0 amide bonds. The molecule has 170 valence electrons. The van der Waals surface area contributed by atoms with Crippen LogP contribution < -0.4 is 4.74 Å². The van der Waals surface area contributed by atoms with E-state index in [1.54, 1.807) is 50.2 Å². The Balaban J connectivity index is 1.73. The Morgan fingerprint density at radius 2 is 1.55 bits per heavy atom. The maximum Gasteiger partial charge on any atom is 0.418 e. The van der Waals surface area contributed by atoms with Crippen molar-refractivity contribution in [3.05, 3.63) is 78.6 Å². The lowest BCUT2D eigenvalue weighted by atomic mass is 10.0. The first kappa shape index (κ1) is 22.7. The van der Waals surface area contributed by atoms with E-state index >= 15 is 0 Å². The van der Waals surface area contributed by atoms with Gasteiger partial charge in [0.1, 0.15) is 17.8 Å². The molecule has 1 heterocycles. The topological polar surface area (TPSA) is 69.2 Å². The SMILES string of the molecule is CC(C)S(=O)(=O)c1cccc(Oc2cccc(-c3ncnc4c(C(F)(F)F)cccc34)c2)c1. The van der Waals surface area contributed by atoms with E-state index < -0.39 is 26.8 Å². The molecule has 0 radical (unpaired) electrons. The van der Waals surface area contributed by atoms with Gasteiger partial charge in [-0.15, -0.1) is 0 Å². The second-order valence-electron chi connectivity index (χ2n) is 7.62. The maximum absolute atomic E-state index is 13.4. The number of para-hydroxylation sites is 1. The zero-order valence-corrected chi connectivity index (χ0v) is 18.5. The molecule has 0 aliphatic carbocycles. The highest BCUT2D eigenvalue weighted by atomic mass is 32.2. The maximum atomic E-state index is 13.4. The Morgan fingerprint density at radius 3 is 2.24 bits per heavy atom. The van der Waals surface area contributed by atoms with Crippen LogP contribution in [0, 0.1) is 0 Å². The summed E-state index contributed by atoms with van der Waals surface area (Å²) in [6.45, 7) is 3.20. The Kier molecular flexibility index (Phi) is 5.84. The normalized spacial score (nSPS) is 12.3. The zero-order chi connectivity index (χ0) is 23.8. The number of sulfone groups is 1. The van der Waals surface area contributed by atoms with Gasteiger partial charge in [-0.2, -0.15) is 13.2 Å². The second-order valence-corrected chi connectivity index (χ2v) is 10.1. The van der Waals surface area contributed by atoms with Crippen LogP contribution in [0.5, 0.6) is 11.5 Å². The molecule has 0 spiro atoms. The monoisotopic (exact) mass is 472 g/mol. The minimum absolute atomic E-state index is 0.146. The van der Waals surface area contributed by atoms with Crippen LogP contribution in [0.4, 0.5) is 13.2 Å². The molecule has 33 heavy (non-hydrogen) atoms. The molecule has 4 aromatic rings. The van der Waals surface area contributed by atoms with Crippen LogP contribution in [0.25, 0.3) is 22.2 Å². The molecule has 0 unspecified atom stereocenters. The van der Waals surface area contributed by atoms with E-state index in [1.807, 2.05) is 0 Å². The van der Waals surface area contributed by atoms with Gasteiger partial charge in [-0.25, -0.2) is 18.4 Å². The van der Waals surface area contributed by atoms with Crippen molar-refractivity contribution >= 4 is 20.7 Å². The summed E-state index contributed by atoms with van der Waals surface area (Å²) in [4.78, 5) is 8.20. The molecule has 0 atom stereocenters. The Morgan fingerprint density at radius 1 is 0.879 bits per heavy atom. The average Bonchev–Trinajstić information content (AvgIpc) is 2.78. The summed E-state index contributed by atoms with van der Waals surface area (Å²) >= 11 is 0. The molecule has 5 nitrogen and oxygen atoms in total. The highest BCUT2D eigenvalue weighted by molar-refractivity contribution is 7.92. The lowest BCUT2D eigenvalue weighted by molar-refractivity contribution is -0.136. The van der Waals surface area contributed by atoms with Gasteiger partial charge in [0.2, 0.25) is 0 Å². The lowest BCUT2D eigenvalue weighted by Crippen LogP contribution is -2.13. The van der Waals surface area contributed by atoms with E-state index in [1.165, 1.54) is 24.3 Å². The van der Waals surface area contributed by atoms with Crippen molar-refractivity contribution < 1.29 is 26.3 Å². The van der Waals surface area contributed by atoms with Crippen LogP contribution in [-0.2, 0) is 16.0 Å². The smallest absolute Gasteiger partial charge is 0.418 e. The highest BCUT2D eigenvalue weighted by Crippen LogP contribution is 2.37. The van der Waals surface area contributed by atoms with E-state index in [4.69, 9.17) is 4.74 Å². The van der Waals surface area contributed by atoms with Crippen molar-refractivity contribution in [2.75, 3.05) is 0 Å². The summed E-state index contributed by atoms with van der Waals surface area (Å²) in [7, 11) is -3.47. The third-order valence-corrected chi connectivity index (χ3v) is 7.22. The third kappa shape index (κ3) is 4.54. The molecule has 0 bridgehead atoms. The fourth-order valence-electron chi connectivity index (χ4n) is 3.38. The predicted molar refractivity (Wildman–Crippen MR) is 119 cm³/mol. The van der Waals surface area contributed by atoms with Crippen molar-refractivity contribution in [3.8, 4) is 22.8 Å². The number of benzene rings is 3. The quantitative estimate of drug-likeness (QED) is 0.341. The largest absolute Gasteiger partial charge is 0.457 e. The van der Waals surface area contributed by atoms with Gasteiger partial charge in [0.25, 0.3) is 0 Å². The van der Waals surface area contributed by atoms with E-state index in [2.05, 4.69) is 9.97 Å². The fourth-order valence-corrected chi connectivity index (χ4v) is 4.47. The number of aromatic nitrogens is 2. The first-order chi connectivity index (χ1) is 15.6. The van der Waals surface area contributed by atoms with Gasteiger partial charge >= 0.3 is 6.18 Å². The molecule has 1 aromatic heterocycles. The Bertz CT molecular complexity index is 1430. The van der Waals surface area contributed by atoms with Crippen LogP contribution >= 0.6 is 0 Å². The summed E-state index contributed by atoms with van der Waals surface area (Å²) in [5, 5.41) is -0.321. The van der Waals surface area contributed by atoms with Gasteiger partial charge < -0.3 is 4.74 Å². The van der Waals surface area contributed by atoms with E-state index in [-0.39, 0.29) is 15.8 Å². The van der Waals surface area contributed by atoms with Crippen LogP contribution in [0.3, 0.4) is 0 Å². The second kappa shape index (κ2) is 8.47. The highest BCUT2D eigenvalue weighted by Gasteiger charge is 2.33. The molecule has 0 aliphatic rings. The summed E-state index contributed by atoms with van der Waals surface area (Å²) < 4.78 is 71.0. The molecule has 3 aromatic carbocycles. The van der Waals surface area contributed by atoms with E-state index in [9.17, 15) is 21.6 Å².